The van der Waals surface area contributed by atoms with E-state index in [-0.39, 0.29) is 0 Å². The van der Waals surface area contributed by atoms with Crippen molar-refractivity contribution in [3.05, 3.63) is 36.8 Å². The molecular formula is C9H12NO2S. The summed E-state index contributed by atoms with van der Waals surface area (Å²) in [4.78, 5) is 0. The molecule has 0 aliphatic carbocycles. The van der Waals surface area contributed by atoms with Gasteiger partial charge in [0.2, 0.25) is 10.0 Å². The number of nitrogens with zero attached hydrogens (tertiary/aromatic N) is 1. The van der Waals surface area contributed by atoms with Gasteiger partial charge in [-0.25, -0.2) is 8.42 Å². The quantitative estimate of drug-likeness (QED) is 0.717. The molecule has 0 bridgehead atoms. The second kappa shape index (κ2) is 3.38. The van der Waals surface area contributed by atoms with E-state index >= 15 is 0 Å². The third-order valence-corrected chi connectivity index (χ3v) is 2.98. The lowest BCUT2D eigenvalue weighted by atomic mass is 10.2. The summed E-state index contributed by atoms with van der Waals surface area (Å²) in [6.07, 6.45) is 1.17. The summed E-state index contributed by atoms with van der Waals surface area (Å²) >= 11 is 0. The maximum Gasteiger partial charge on any atom is 0.231 e. The van der Waals surface area contributed by atoms with Crippen LogP contribution in [0.1, 0.15) is 5.56 Å². The highest BCUT2D eigenvalue weighted by Crippen LogP contribution is 2.16. The number of sulfonamides is 1. The Balaban J connectivity index is 3.10. The Labute approximate surface area is 79.0 Å². The molecule has 0 atom stereocenters. The predicted molar refractivity (Wildman–Crippen MR) is 54.1 cm³/mol. The molecule has 1 aromatic carbocycles. The van der Waals surface area contributed by atoms with E-state index in [1.54, 1.807) is 18.2 Å². The molecule has 0 heterocycles. The van der Waals surface area contributed by atoms with E-state index in [0.717, 1.165) is 5.56 Å². The molecule has 1 radical (unpaired) electrons. The smallest absolute Gasteiger partial charge is 0.231 e. The van der Waals surface area contributed by atoms with Crippen LogP contribution in [0.2, 0.25) is 0 Å². The van der Waals surface area contributed by atoms with Gasteiger partial charge in [0.05, 0.1) is 11.9 Å². The third kappa shape index (κ3) is 2.45. The zero-order valence-corrected chi connectivity index (χ0v) is 8.50. The lowest BCUT2D eigenvalue weighted by molar-refractivity contribution is 0.600. The van der Waals surface area contributed by atoms with Gasteiger partial charge in [-0.15, -0.1) is 0 Å². The molecule has 0 saturated heterocycles. The van der Waals surface area contributed by atoms with E-state index in [9.17, 15) is 8.42 Å². The molecule has 4 heteroatoms. The van der Waals surface area contributed by atoms with Gasteiger partial charge >= 0.3 is 0 Å². The van der Waals surface area contributed by atoms with E-state index in [2.05, 4.69) is 6.92 Å². The molecular weight excluding hydrogens is 186 g/mol. The summed E-state index contributed by atoms with van der Waals surface area (Å²) in [5, 5.41) is 0. The van der Waals surface area contributed by atoms with Crippen LogP contribution in [0.4, 0.5) is 5.69 Å². The summed E-state index contributed by atoms with van der Waals surface area (Å²) in [7, 11) is -1.65. The van der Waals surface area contributed by atoms with Crippen molar-refractivity contribution in [2.75, 3.05) is 17.6 Å². The molecule has 0 N–H and O–H groups in total. The molecule has 0 spiro atoms. The molecule has 1 aromatic rings. The summed E-state index contributed by atoms with van der Waals surface area (Å²) in [6, 6.07) is 7.05. The van der Waals surface area contributed by atoms with Gasteiger partial charge in [-0.1, -0.05) is 12.1 Å². The average molecular weight is 198 g/mol. The first-order valence-electron chi connectivity index (χ1n) is 3.77. The van der Waals surface area contributed by atoms with E-state index in [1.807, 2.05) is 6.07 Å². The monoisotopic (exact) mass is 198 g/mol. The van der Waals surface area contributed by atoms with Crippen molar-refractivity contribution in [1.29, 1.82) is 0 Å². The van der Waals surface area contributed by atoms with Crippen molar-refractivity contribution >= 4 is 15.7 Å². The van der Waals surface area contributed by atoms with Gasteiger partial charge in [-0.05, 0) is 24.6 Å². The fourth-order valence-corrected chi connectivity index (χ4v) is 1.44. The van der Waals surface area contributed by atoms with Crippen LogP contribution < -0.4 is 4.31 Å². The van der Waals surface area contributed by atoms with Gasteiger partial charge in [0.1, 0.15) is 0 Å². The van der Waals surface area contributed by atoms with Crippen LogP contribution in [-0.4, -0.2) is 21.7 Å². The molecule has 0 aliphatic heterocycles. The maximum absolute atomic E-state index is 11.1. The zero-order chi connectivity index (χ0) is 10.1. The van der Waals surface area contributed by atoms with Crippen molar-refractivity contribution in [1.82, 2.24) is 0 Å². The van der Waals surface area contributed by atoms with Crippen LogP contribution in [0.3, 0.4) is 0 Å². The minimum Gasteiger partial charge on any atom is -0.274 e. The van der Waals surface area contributed by atoms with Crippen LogP contribution in [0.15, 0.2) is 24.3 Å². The highest BCUT2D eigenvalue weighted by Gasteiger charge is 2.10. The Bertz CT molecular complexity index is 398. The minimum absolute atomic E-state index is 0.634. The number of rotatable bonds is 2. The number of hydrogen-bond donors (Lipinski definition) is 0. The van der Waals surface area contributed by atoms with E-state index in [1.165, 1.54) is 17.6 Å². The van der Waals surface area contributed by atoms with Gasteiger partial charge in [0, 0.05) is 7.05 Å². The zero-order valence-electron chi connectivity index (χ0n) is 7.69. The molecule has 0 amide bonds. The molecule has 3 nitrogen and oxygen atoms in total. The number of anilines is 1. The van der Waals surface area contributed by atoms with Gasteiger partial charge in [-0.2, -0.15) is 0 Å². The fourth-order valence-electron chi connectivity index (χ4n) is 0.944. The van der Waals surface area contributed by atoms with Crippen molar-refractivity contribution in [3.8, 4) is 0 Å². The average Bonchev–Trinajstić information content (AvgIpc) is 2.01. The molecule has 0 aliphatic rings. The summed E-state index contributed by atoms with van der Waals surface area (Å²) < 4.78 is 23.5. The first-order valence-corrected chi connectivity index (χ1v) is 5.62. The summed E-state index contributed by atoms with van der Waals surface area (Å²) in [5.41, 5.74) is 1.43. The highest BCUT2D eigenvalue weighted by atomic mass is 32.2. The normalized spacial score (nSPS) is 11.3. The Morgan fingerprint density at radius 3 is 2.46 bits per heavy atom. The fraction of sp³-hybridized carbons (Fsp3) is 0.222. The Hall–Kier alpha value is -1.03. The molecule has 1 rings (SSSR count). The molecule has 0 fully saturated rings. The topological polar surface area (TPSA) is 37.4 Å². The molecule has 13 heavy (non-hydrogen) atoms. The van der Waals surface area contributed by atoms with Crippen LogP contribution in [0.5, 0.6) is 0 Å². The van der Waals surface area contributed by atoms with Crippen molar-refractivity contribution < 1.29 is 8.42 Å². The second-order valence-electron chi connectivity index (χ2n) is 2.90. The lowest BCUT2D eigenvalue weighted by Gasteiger charge is -2.16. The molecule has 0 unspecified atom stereocenters. The van der Waals surface area contributed by atoms with Gasteiger partial charge in [0.25, 0.3) is 0 Å². The van der Waals surface area contributed by atoms with E-state index in [4.69, 9.17) is 0 Å². The van der Waals surface area contributed by atoms with Gasteiger partial charge < -0.3 is 0 Å². The highest BCUT2D eigenvalue weighted by molar-refractivity contribution is 7.92. The Morgan fingerprint density at radius 2 is 2.00 bits per heavy atom. The van der Waals surface area contributed by atoms with Crippen LogP contribution >= 0.6 is 0 Å². The van der Waals surface area contributed by atoms with Crippen molar-refractivity contribution in [2.45, 2.75) is 0 Å². The first-order chi connectivity index (χ1) is 5.91. The van der Waals surface area contributed by atoms with E-state index < -0.39 is 10.0 Å². The van der Waals surface area contributed by atoms with Crippen molar-refractivity contribution in [2.24, 2.45) is 0 Å². The molecule has 0 saturated carbocycles. The standard InChI is InChI=1S/C9H12NO2S/c1-8-5-4-6-9(7-8)10(2)13(3,11)12/h4-7H,1H2,2-3H3. The molecule has 71 valence electrons. The first kappa shape index (κ1) is 10.1. The predicted octanol–water partition coefficient (Wildman–Crippen LogP) is 1.26. The lowest BCUT2D eigenvalue weighted by Crippen LogP contribution is -2.24. The summed E-state index contributed by atoms with van der Waals surface area (Å²) in [6.45, 7) is 3.72. The van der Waals surface area contributed by atoms with Crippen LogP contribution in [-0.2, 0) is 10.0 Å². The van der Waals surface area contributed by atoms with Gasteiger partial charge in [-0.3, -0.25) is 4.31 Å². The third-order valence-electron chi connectivity index (χ3n) is 1.77. The SMILES string of the molecule is [CH2]c1cccc(N(C)S(C)(=O)=O)c1. The Morgan fingerprint density at radius 1 is 1.38 bits per heavy atom. The largest absolute Gasteiger partial charge is 0.274 e. The minimum atomic E-state index is -3.17. The molecule has 0 aromatic heterocycles. The summed E-state index contributed by atoms with van der Waals surface area (Å²) in [5.74, 6) is 0. The van der Waals surface area contributed by atoms with E-state index in [0.29, 0.717) is 5.69 Å². The van der Waals surface area contributed by atoms with Gasteiger partial charge in [0.15, 0.2) is 0 Å². The van der Waals surface area contributed by atoms with Crippen LogP contribution in [0, 0.1) is 6.92 Å². The van der Waals surface area contributed by atoms with Crippen LogP contribution in [0.25, 0.3) is 0 Å². The number of hydrogen-bond acceptors (Lipinski definition) is 2. The number of benzene rings is 1. The Kier molecular flexibility index (Phi) is 2.61. The maximum atomic E-state index is 11.1. The second-order valence-corrected chi connectivity index (χ2v) is 4.91. The van der Waals surface area contributed by atoms with Crippen molar-refractivity contribution in [3.63, 3.8) is 0 Å².